The number of amides is 1. The monoisotopic (exact) mass is 359 g/mol. The number of fused-ring (bicyclic) bond motifs is 1. The molecule has 1 amide bonds. The van der Waals surface area contributed by atoms with Crippen LogP contribution in [-0.4, -0.2) is 56.6 Å². The Morgan fingerprint density at radius 3 is 2.69 bits per heavy atom. The third-order valence-corrected chi connectivity index (χ3v) is 5.23. The van der Waals surface area contributed by atoms with Crippen LogP contribution in [0.5, 0.6) is 0 Å². The molecule has 1 aliphatic rings. The fourth-order valence-corrected chi connectivity index (χ4v) is 3.35. The zero-order valence-corrected chi connectivity index (χ0v) is 15.5. The zero-order chi connectivity index (χ0) is 18.8. The molecule has 3 rings (SSSR count). The van der Waals surface area contributed by atoms with Crippen molar-refractivity contribution in [3.63, 3.8) is 0 Å². The van der Waals surface area contributed by atoms with E-state index >= 15 is 0 Å². The molecular formula is C18H25N5O3. The van der Waals surface area contributed by atoms with Crippen LogP contribution in [0.3, 0.4) is 0 Å². The lowest BCUT2D eigenvalue weighted by molar-refractivity contribution is -0.384. The van der Waals surface area contributed by atoms with E-state index in [1.807, 2.05) is 30.5 Å². The van der Waals surface area contributed by atoms with E-state index in [2.05, 4.69) is 10.00 Å². The number of hydrogen-bond acceptors (Lipinski definition) is 5. The highest BCUT2D eigenvalue weighted by Crippen LogP contribution is 2.23. The van der Waals surface area contributed by atoms with Gasteiger partial charge in [0, 0.05) is 49.6 Å². The van der Waals surface area contributed by atoms with Crippen molar-refractivity contribution in [3.05, 3.63) is 34.5 Å². The van der Waals surface area contributed by atoms with Crippen molar-refractivity contribution in [1.82, 2.24) is 19.6 Å². The fraction of sp³-hybridized carbons (Fsp3) is 0.556. The van der Waals surface area contributed by atoms with Gasteiger partial charge in [-0.05, 0) is 32.8 Å². The number of aromatic nitrogens is 2. The first kappa shape index (κ1) is 18.3. The lowest BCUT2D eigenvalue weighted by Gasteiger charge is -2.34. The molecule has 0 aliphatic carbocycles. The number of piperidine rings is 1. The number of nitro groups is 1. The second-order valence-corrected chi connectivity index (χ2v) is 7.22. The number of carbonyl (C=O) groups excluding carboxylic acids is 1. The van der Waals surface area contributed by atoms with Gasteiger partial charge in [0.05, 0.1) is 23.3 Å². The van der Waals surface area contributed by atoms with Crippen LogP contribution in [0.1, 0.15) is 26.7 Å². The van der Waals surface area contributed by atoms with Gasteiger partial charge in [-0.2, -0.15) is 5.10 Å². The molecule has 0 radical (unpaired) electrons. The van der Waals surface area contributed by atoms with Gasteiger partial charge in [0.1, 0.15) is 0 Å². The minimum absolute atomic E-state index is 0.0747. The molecule has 0 atom stereocenters. The first-order valence-electron chi connectivity index (χ1n) is 8.96. The van der Waals surface area contributed by atoms with Crippen molar-refractivity contribution in [1.29, 1.82) is 0 Å². The Balaban J connectivity index is 1.62. The number of nitro benzene ring substituents is 1. The molecule has 0 bridgehead atoms. The molecule has 1 fully saturated rings. The third kappa shape index (κ3) is 3.70. The van der Waals surface area contributed by atoms with Gasteiger partial charge in [-0.15, -0.1) is 0 Å². The number of hydrogen-bond donors (Lipinski definition) is 0. The summed E-state index contributed by atoms with van der Waals surface area (Å²) in [4.78, 5) is 27.0. The lowest BCUT2D eigenvalue weighted by atomic mass is 9.95. The lowest BCUT2D eigenvalue weighted by Crippen LogP contribution is -2.43. The molecule has 0 saturated carbocycles. The van der Waals surface area contributed by atoms with E-state index in [9.17, 15) is 14.9 Å². The largest absolute Gasteiger partial charge is 0.343 e. The molecule has 1 aliphatic heterocycles. The smallest absolute Gasteiger partial charge is 0.270 e. The van der Waals surface area contributed by atoms with E-state index in [-0.39, 0.29) is 23.6 Å². The van der Waals surface area contributed by atoms with Crippen molar-refractivity contribution >= 4 is 22.5 Å². The molecule has 26 heavy (non-hydrogen) atoms. The maximum Gasteiger partial charge on any atom is 0.270 e. The van der Waals surface area contributed by atoms with Gasteiger partial charge in [0.25, 0.3) is 5.69 Å². The highest BCUT2D eigenvalue weighted by atomic mass is 16.6. The Morgan fingerprint density at radius 1 is 1.38 bits per heavy atom. The number of nitrogens with zero attached hydrogens (tertiary/aromatic N) is 5. The molecule has 1 saturated heterocycles. The molecule has 1 aromatic carbocycles. The second-order valence-electron chi connectivity index (χ2n) is 7.22. The van der Waals surface area contributed by atoms with E-state index < -0.39 is 4.92 Å². The number of rotatable bonds is 5. The Bertz CT molecular complexity index is 808. The number of carbonyl (C=O) groups is 1. The summed E-state index contributed by atoms with van der Waals surface area (Å²) in [6.07, 6.45) is 3.36. The summed E-state index contributed by atoms with van der Waals surface area (Å²) in [6.45, 7) is 6.37. The van der Waals surface area contributed by atoms with Gasteiger partial charge < -0.3 is 4.90 Å². The van der Waals surface area contributed by atoms with Crippen LogP contribution in [0.15, 0.2) is 24.4 Å². The summed E-state index contributed by atoms with van der Waals surface area (Å²) < 4.78 is 1.86. The second kappa shape index (κ2) is 7.41. The van der Waals surface area contributed by atoms with Crippen molar-refractivity contribution in [2.45, 2.75) is 39.4 Å². The Kier molecular flexibility index (Phi) is 5.22. The predicted octanol–water partition coefficient (Wildman–Crippen LogP) is 2.48. The molecular weight excluding hydrogens is 334 g/mol. The van der Waals surface area contributed by atoms with Crippen LogP contribution in [0.25, 0.3) is 10.9 Å². The van der Waals surface area contributed by atoms with Crippen LogP contribution < -0.4 is 0 Å². The summed E-state index contributed by atoms with van der Waals surface area (Å²) >= 11 is 0. The first-order chi connectivity index (χ1) is 12.4. The number of likely N-dealkylation sites (tertiary alicyclic amines) is 1. The quantitative estimate of drug-likeness (QED) is 0.605. The molecule has 8 heteroatoms. The van der Waals surface area contributed by atoms with Crippen molar-refractivity contribution < 1.29 is 9.72 Å². The van der Waals surface area contributed by atoms with Gasteiger partial charge in [-0.1, -0.05) is 0 Å². The van der Waals surface area contributed by atoms with Crippen LogP contribution in [0, 0.1) is 16.0 Å². The van der Waals surface area contributed by atoms with E-state index in [1.54, 1.807) is 18.3 Å². The van der Waals surface area contributed by atoms with E-state index in [1.165, 1.54) is 6.07 Å². The Hall–Kier alpha value is -2.48. The molecule has 0 unspecified atom stereocenters. The van der Waals surface area contributed by atoms with Crippen LogP contribution in [0.4, 0.5) is 5.69 Å². The summed E-state index contributed by atoms with van der Waals surface area (Å²) in [6, 6.07) is 5.02. The van der Waals surface area contributed by atoms with Gasteiger partial charge in [0.2, 0.25) is 5.91 Å². The van der Waals surface area contributed by atoms with Crippen LogP contribution in [-0.2, 0) is 11.5 Å². The van der Waals surface area contributed by atoms with Gasteiger partial charge in [0.15, 0.2) is 0 Å². The average molecular weight is 359 g/mol. The molecule has 140 valence electrons. The maximum absolute atomic E-state index is 12.5. The highest BCUT2D eigenvalue weighted by Gasteiger charge is 2.28. The van der Waals surface area contributed by atoms with Crippen LogP contribution >= 0.6 is 0 Å². The van der Waals surface area contributed by atoms with E-state index in [4.69, 9.17) is 0 Å². The molecule has 2 aromatic rings. The SMILES string of the molecule is CC(C)N(C)C(=O)C1CCN(Cn2ncc3cc([N+](=O)[O-])ccc32)CC1. The van der Waals surface area contributed by atoms with Gasteiger partial charge in [-0.25, -0.2) is 0 Å². The summed E-state index contributed by atoms with van der Waals surface area (Å²) in [5.74, 6) is 0.326. The highest BCUT2D eigenvalue weighted by molar-refractivity contribution is 5.81. The summed E-state index contributed by atoms with van der Waals surface area (Å²) in [5.41, 5.74) is 0.957. The summed E-state index contributed by atoms with van der Waals surface area (Å²) in [5, 5.41) is 16.0. The number of non-ortho nitro benzene ring substituents is 1. The molecule has 1 aromatic heterocycles. The standard InChI is InChI=1S/C18H25N5O3/c1-13(2)20(3)18(24)14-6-8-21(9-7-14)12-22-17-5-4-16(23(25)26)10-15(17)11-19-22/h4-5,10-11,13-14H,6-9,12H2,1-3H3. The first-order valence-corrected chi connectivity index (χ1v) is 8.96. The van der Waals surface area contributed by atoms with E-state index in [0.717, 1.165) is 36.8 Å². The maximum atomic E-state index is 12.5. The number of benzene rings is 1. The van der Waals surface area contributed by atoms with E-state index in [0.29, 0.717) is 6.67 Å². The van der Waals surface area contributed by atoms with Crippen molar-refractivity contribution in [2.75, 3.05) is 20.1 Å². The Labute approximate surface area is 152 Å². The zero-order valence-electron chi connectivity index (χ0n) is 15.5. The topological polar surface area (TPSA) is 84.5 Å². The van der Waals surface area contributed by atoms with Gasteiger partial charge in [-0.3, -0.25) is 24.5 Å². The minimum atomic E-state index is -0.396. The predicted molar refractivity (Wildman–Crippen MR) is 98.6 cm³/mol. The van der Waals surface area contributed by atoms with Crippen molar-refractivity contribution in [2.24, 2.45) is 5.92 Å². The third-order valence-electron chi connectivity index (χ3n) is 5.23. The Morgan fingerprint density at radius 2 is 2.08 bits per heavy atom. The molecule has 2 heterocycles. The van der Waals surface area contributed by atoms with Crippen LogP contribution in [0.2, 0.25) is 0 Å². The minimum Gasteiger partial charge on any atom is -0.343 e. The average Bonchev–Trinajstić information content (AvgIpc) is 3.03. The fourth-order valence-electron chi connectivity index (χ4n) is 3.35. The molecule has 0 spiro atoms. The normalized spacial score (nSPS) is 16.3. The van der Waals surface area contributed by atoms with Crippen molar-refractivity contribution in [3.8, 4) is 0 Å². The van der Waals surface area contributed by atoms with Gasteiger partial charge >= 0.3 is 0 Å². The summed E-state index contributed by atoms with van der Waals surface area (Å²) in [7, 11) is 1.87. The molecule has 0 N–H and O–H groups in total. The molecule has 8 nitrogen and oxygen atoms in total.